The monoisotopic (exact) mass is 555 g/mol. The van der Waals surface area contributed by atoms with E-state index in [0.29, 0.717) is 16.8 Å². The summed E-state index contributed by atoms with van der Waals surface area (Å²) >= 11 is 0. The SMILES string of the molecule is [C-]#[N+]c1c(-c2ccc(CC(=O)Cc3cc(C(F)(F)C(C)(C)C)no3)cc2)nn(C(C)C)c1NC(=O)OC(C)(C)C. The number of hydrogen-bond donors (Lipinski definition) is 1. The lowest BCUT2D eigenvalue weighted by Crippen LogP contribution is -2.31. The first-order valence-electron chi connectivity index (χ1n) is 12.9. The molecule has 2 heterocycles. The standard InChI is InChI=1S/C29H35F2N5O4/c1-17(2)36-25(33-26(38)39-28(6,7)8)24(32-9)23(34-36)19-12-10-18(11-13-19)14-20(37)15-21-16-22(35-40-21)29(30,31)27(3,4)5/h10-13,16-17H,14-15H2,1-8H3,(H,33,38). The Labute approximate surface area is 232 Å². The van der Waals surface area contributed by atoms with Gasteiger partial charge in [0.05, 0.1) is 13.0 Å². The van der Waals surface area contributed by atoms with Crippen molar-refractivity contribution < 1.29 is 27.6 Å². The normalized spacial score (nSPS) is 12.3. The van der Waals surface area contributed by atoms with Crippen LogP contribution in [0.2, 0.25) is 0 Å². The van der Waals surface area contributed by atoms with Crippen LogP contribution in [-0.4, -0.2) is 32.4 Å². The van der Waals surface area contributed by atoms with Gasteiger partial charge in [0.15, 0.2) is 5.69 Å². The smallest absolute Gasteiger partial charge is 0.412 e. The Morgan fingerprint density at radius 1 is 1.10 bits per heavy atom. The van der Waals surface area contributed by atoms with Crippen LogP contribution in [0.15, 0.2) is 34.9 Å². The van der Waals surface area contributed by atoms with Crippen molar-refractivity contribution >= 4 is 23.4 Å². The van der Waals surface area contributed by atoms with Gasteiger partial charge in [-0.2, -0.15) is 13.9 Å². The summed E-state index contributed by atoms with van der Waals surface area (Å²) in [6.07, 6.45) is -0.816. The molecule has 214 valence electrons. The zero-order valence-electron chi connectivity index (χ0n) is 24.1. The fourth-order valence-electron chi connectivity index (χ4n) is 3.81. The minimum atomic E-state index is -3.21. The molecule has 0 atom stereocenters. The highest BCUT2D eigenvalue weighted by Crippen LogP contribution is 2.44. The number of amides is 1. The zero-order chi connectivity index (χ0) is 30.0. The molecule has 0 aliphatic heterocycles. The van der Waals surface area contributed by atoms with Crippen molar-refractivity contribution in [3.8, 4) is 11.3 Å². The van der Waals surface area contributed by atoms with E-state index in [1.165, 1.54) is 20.8 Å². The number of benzene rings is 1. The van der Waals surface area contributed by atoms with Crippen LogP contribution in [0, 0.1) is 12.0 Å². The number of alkyl halides is 2. The molecular weight excluding hydrogens is 520 g/mol. The molecule has 0 spiro atoms. The zero-order valence-corrected chi connectivity index (χ0v) is 24.1. The second kappa shape index (κ2) is 11.2. The average molecular weight is 556 g/mol. The highest BCUT2D eigenvalue weighted by molar-refractivity contribution is 5.93. The van der Waals surface area contributed by atoms with E-state index in [-0.39, 0.29) is 41.9 Å². The molecule has 0 unspecified atom stereocenters. The van der Waals surface area contributed by atoms with Gasteiger partial charge in [-0.1, -0.05) is 50.2 Å². The number of anilines is 1. The number of aromatic nitrogens is 3. The molecular formula is C29H35F2N5O4. The molecule has 0 aliphatic carbocycles. The molecule has 1 amide bonds. The quantitative estimate of drug-likeness (QED) is 0.289. The second-order valence-corrected chi connectivity index (χ2v) is 11.9. The molecule has 0 bridgehead atoms. The largest absolute Gasteiger partial charge is 0.444 e. The van der Waals surface area contributed by atoms with Crippen molar-refractivity contribution in [2.24, 2.45) is 5.41 Å². The first-order chi connectivity index (χ1) is 18.4. The molecule has 0 aliphatic rings. The summed E-state index contributed by atoms with van der Waals surface area (Å²) in [4.78, 5) is 28.7. The first kappa shape index (κ1) is 30.5. The number of rotatable bonds is 8. The number of ketones is 1. The van der Waals surface area contributed by atoms with Crippen molar-refractivity contribution in [2.75, 3.05) is 5.32 Å². The van der Waals surface area contributed by atoms with Gasteiger partial charge < -0.3 is 9.26 Å². The van der Waals surface area contributed by atoms with E-state index >= 15 is 0 Å². The van der Waals surface area contributed by atoms with E-state index in [1.807, 2.05) is 13.8 Å². The molecule has 11 heteroatoms. The summed E-state index contributed by atoms with van der Waals surface area (Å²) in [5, 5.41) is 10.7. The van der Waals surface area contributed by atoms with E-state index in [2.05, 4.69) is 20.4 Å². The first-order valence-corrected chi connectivity index (χ1v) is 12.9. The number of nitrogens with one attached hydrogen (secondary N) is 1. The van der Waals surface area contributed by atoms with E-state index in [0.717, 1.165) is 6.07 Å². The molecule has 1 N–H and O–H groups in total. The Kier molecular flexibility index (Phi) is 8.53. The van der Waals surface area contributed by atoms with Crippen molar-refractivity contribution in [1.82, 2.24) is 14.9 Å². The summed E-state index contributed by atoms with van der Waals surface area (Å²) in [7, 11) is 0. The Hall–Kier alpha value is -4.07. The third kappa shape index (κ3) is 6.92. The van der Waals surface area contributed by atoms with Gasteiger partial charge in [-0.05, 0) is 45.7 Å². The van der Waals surface area contributed by atoms with Gasteiger partial charge in [0.2, 0.25) is 0 Å². The van der Waals surface area contributed by atoms with E-state index in [4.69, 9.17) is 15.8 Å². The molecule has 2 aromatic heterocycles. The van der Waals surface area contributed by atoms with Crippen LogP contribution >= 0.6 is 0 Å². The predicted molar refractivity (Wildman–Crippen MR) is 146 cm³/mol. The summed E-state index contributed by atoms with van der Waals surface area (Å²) in [6, 6.07) is 7.91. The number of ether oxygens (including phenoxy) is 1. The Bertz CT molecular complexity index is 1420. The van der Waals surface area contributed by atoms with Gasteiger partial charge in [-0.25, -0.2) is 9.64 Å². The van der Waals surface area contributed by atoms with Gasteiger partial charge in [-0.15, -0.1) is 0 Å². The third-order valence-electron chi connectivity index (χ3n) is 5.93. The number of halogens is 2. The maximum absolute atomic E-state index is 14.5. The van der Waals surface area contributed by atoms with Gasteiger partial charge in [0.25, 0.3) is 11.6 Å². The van der Waals surface area contributed by atoms with Crippen molar-refractivity contribution in [2.45, 2.75) is 85.8 Å². The molecule has 0 saturated carbocycles. The maximum atomic E-state index is 14.5. The summed E-state index contributed by atoms with van der Waals surface area (Å²) in [5.74, 6) is -3.13. The molecule has 3 aromatic rings. The Morgan fingerprint density at radius 2 is 1.73 bits per heavy atom. The van der Waals surface area contributed by atoms with E-state index in [1.54, 1.807) is 49.7 Å². The van der Waals surface area contributed by atoms with Gasteiger partial charge >= 0.3 is 6.09 Å². The van der Waals surface area contributed by atoms with E-state index < -0.39 is 28.7 Å². The Morgan fingerprint density at radius 3 is 2.25 bits per heavy atom. The lowest BCUT2D eigenvalue weighted by atomic mass is 9.86. The average Bonchev–Trinajstić information content (AvgIpc) is 3.42. The predicted octanol–water partition coefficient (Wildman–Crippen LogP) is 7.51. The van der Waals surface area contributed by atoms with Gasteiger partial charge in [0.1, 0.15) is 28.7 Å². The van der Waals surface area contributed by atoms with Gasteiger partial charge in [0, 0.05) is 23.9 Å². The molecule has 9 nitrogen and oxygen atoms in total. The molecule has 3 rings (SSSR count). The fraction of sp³-hybridized carbons (Fsp3) is 0.483. The highest BCUT2D eigenvalue weighted by atomic mass is 19.3. The molecule has 40 heavy (non-hydrogen) atoms. The van der Waals surface area contributed by atoms with Crippen LogP contribution in [0.1, 0.15) is 78.4 Å². The minimum Gasteiger partial charge on any atom is -0.444 e. The third-order valence-corrected chi connectivity index (χ3v) is 5.93. The summed E-state index contributed by atoms with van der Waals surface area (Å²) < 4.78 is 41.0. The molecule has 0 radical (unpaired) electrons. The second-order valence-electron chi connectivity index (χ2n) is 11.9. The van der Waals surface area contributed by atoms with Gasteiger partial charge in [-0.3, -0.25) is 14.8 Å². The lowest BCUT2D eigenvalue weighted by molar-refractivity contribution is -0.118. The van der Waals surface area contributed by atoms with Crippen molar-refractivity contribution in [3.63, 3.8) is 0 Å². The van der Waals surface area contributed by atoms with Crippen LogP contribution in [-0.2, 0) is 28.3 Å². The van der Waals surface area contributed by atoms with Crippen LogP contribution < -0.4 is 5.32 Å². The number of nitrogens with zero attached hydrogens (tertiary/aromatic N) is 4. The molecule has 0 fully saturated rings. The minimum absolute atomic E-state index is 0.0491. The number of hydrogen-bond acceptors (Lipinski definition) is 6. The number of Topliss-reactive ketones (excluding diaryl/α,β-unsaturated/α-hetero) is 1. The molecule has 1 aromatic carbocycles. The lowest BCUT2D eigenvalue weighted by Gasteiger charge is -2.28. The number of carbonyl (C=O) groups is 2. The summed E-state index contributed by atoms with van der Waals surface area (Å²) in [6.45, 7) is 20.9. The fourth-order valence-corrected chi connectivity index (χ4v) is 3.81. The topological polar surface area (TPSA) is 104 Å². The van der Waals surface area contributed by atoms with Crippen LogP contribution in [0.4, 0.5) is 25.1 Å². The Balaban J connectivity index is 1.77. The van der Waals surface area contributed by atoms with Crippen molar-refractivity contribution in [3.05, 3.63) is 58.8 Å². The number of carbonyl (C=O) groups excluding carboxylic acids is 2. The highest BCUT2D eigenvalue weighted by Gasteiger charge is 2.47. The molecule has 0 saturated heterocycles. The van der Waals surface area contributed by atoms with Crippen LogP contribution in [0.25, 0.3) is 16.1 Å². The van der Waals surface area contributed by atoms with Crippen LogP contribution in [0.5, 0.6) is 0 Å². The maximum Gasteiger partial charge on any atom is 0.412 e. The van der Waals surface area contributed by atoms with E-state index in [9.17, 15) is 18.4 Å². The van der Waals surface area contributed by atoms with Crippen LogP contribution in [0.3, 0.4) is 0 Å². The summed E-state index contributed by atoms with van der Waals surface area (Å²) in [5.41, 5.74) is -0.708. The van der Waals surface area contributed by atoms with Crippen molar-refractivity contribution in [1.29, 1.82) is 0 Å².